The van der Waals surface area contributed by atoms with Gasteiger partial charge in [0, 0.05) is 11.3 Å². The minimum absolute atomic E-state index is 0.0231. The van der Waals surface area contributed by atoms with Crippen LogP contribution in [0.5, 0.6) is 11.5 Å². The lowest BCUT2D eigenvalue weighted by Gasteiger charge is -2.16. The van der Waals surface area contributed by atoms with Gasteiger partial charge in [0.05, 0.1) is 7.11 Å². The number of allylic oxidation sites excluding steroid dienone is 1. The van der Waals surface area contributed by atoms with E-state index in [0.717, 1.165) is 21.6 Å². The number of nitrogens with one attached hydrogen (secondary N) is 2. The van der Waals surface area contributed by atoms with Gasteiger partial charge in [-0.05, 0) is 72.5 Å². The molecule has 0 saturated carbocycles. The van der Waals surface area contributed by atoms with Crippen molar-refractivity contribution < 1.29 is 28.2 Å². The summed E-state index contributed by atoms with van der Waals surface area (Å²) < 4.78 is 24.8. The molecule has 1 aliphatic rings. The van der Waals surface area contributed by atoms with Crippen LogP contribution in [0.3, 0.4) is 0 Å². The third kappa shape index (κ3) is 6.70. The average molecular weight is 530 g/mol. The van der Waals surface area contributed by atoms with Crippen molar-refractivity contribution in [2.24, 2.45) is 0 Å². The largest absolute Gasteiger partial charge is 0.493 e. The number of methoxy groups -OCH3 is 1. The predicted molar refractivity (Wildman–Crippen MR) is 146 cm³/mol. The van der Waals surface area contributed by atoms with Crippen LogP contribution in [-0.4, -0.2) is 36.4 Å². The lowest BCUT2D eigenvalue weighted by molar-refractivity contribution is -0.127. The Labute approximate surface area is 225 Å². The standard InChI is InChI=1S/C30H28FN3O5/c1-4-6-22-14-21(16-26(38-3)28(22)39-18-20-9-11-23(31)12-10-20)15-25-29(36)34(30(37)33-25)17-27(35)32-24-8-5-7-19(2)13-24/h4-5,7-16H,1,6,17-18H2,2-3H3,(H,32,35)(H,33,37)/b25-15+. The van der Waals surface area contributed by atoms with Crippen molar-refractivity contribution in [2.45, 2.75) is 20.0 Å². The predicted octanol–water partition coefficient (Wildman–Crippen LogP) is 4.98. The highest BCUT2D eigenvalue weighted by Crippen LogP contribution is 2.35. The minimum Gasteiger partial charge on any atom is -0.493 e. The maximum Gasteiger partial charge on any atom is 0.329 e. The van der Waals surface area contributed by atoms with E-state index in [0.29, 0.717) is 29.2 Å². The van der Waals surface area contributed by atoms with E-state index in [-0.39, 0.29) is 18.1 Å². The quantitative estimate of drug-likeness (QED) is 0.219. The molecule has 0 atom stereocenters. The highest BCUT2D eigenvalue weighted by molar-refractivity contribution is 6.16. The monoisotopic (exact) mass is 529 g/mol. The number of ether oxygens (including phenoxy) is 2. The van der Waals surface area contributed by atoms with Crippen LogP contribution in [0.4, 0.5) is 14.9 Å². The number of aryl methyl sites for hydroxylation is 1. The van der Waals surface area contributed by atoms with Crippen molar-refractivity contribution >= 4 is 29.6 Å². The molecule has 3 aromatic rings. The van der Waals surface area contributed by atoms with Gasteiger partial charge in [-0.3, -0.25) is 9.59 Å². The molecular formula is C30H28FN3O5. The molecule has 1 saturated heterocycles. The fourth-order valence-electron chi connectivity index (χ4n) is 4.07. The van der Waals surface area contributed by atoms with Crippen LogP contribution in [0.1, 0.15) is 22.3 Å². The molecule has 1 fully saturated rings. The second-order valence-electron chi connectivity index (χ2n) is 8.92. The van der Waals surface area contributed by atoms with E-state index in [1.165, 1.54) is 25.3 Å². The molecule has 200 valence electrons. The first kappa shape index (κ1) is 27.1. The van der Waals surface area contributed by atoms with Crippen LogP contribution in [-0.2, 0) is 22.6 Å². The van der Waals surface area contributed by atoms with Crippen LogP contribution in [0.25, 0.3) is 6.08 Å². The van der Waals surface area contributed by atoms with Gasteiger partial charge in [0.25, 0.3) is 5.91 Å². The molecule has 0 aromatic heterocycles. The number of hydrogen-bond acceptors (Lipinski definition) is 5. The summed E-state index contributed by atoms with van der Waals surface area (Å²) in [7, 11) is 1.49. The number of rotatable bonds is 10. The molecule has 4 rings (SSSR count). The van der Waals surface area contributed by atoms with Gasteiger partial charge in [-0.2, -0.15) is 0 Å². The molecule has 0 aliphatic carbocycles. The third-order valence-electron chi connectivity index (χ3n) is 5.91. The Hall–Kier alpha value is -4.92. The summed E-state index contributed by atoms with van der Waals surface area (Å²) in [5.41, 5.74) is 3.66. The van der Waals surface area contributed by atoms with E-state index >= 15 is 0 Å². The number of amides is 4. The molecule has 3 aromatic carbocycles. The van der Waals surface area contributed by atoms with Crippen LogP contribution in [0.2, 0.25) is 0 Å². The van der Waals surface area contributed by atoms with Gasteiger partial charge < -0.3 is 20.1 Å². The van der Waals surface area contributed by atoms with E-state index in [9.17, 15) is 18.8 Å². The smallest absolute Gasteiger partial charge is 0.329 e. The highest BCUT2D eigenvalue weighted by Gasteiger charge is 2.35. The molecule has 0 spiro atoms. The van der Waals surface area contributed by atoms with Crippen molar-refractivity contribution in [2.75, 3.05) is 19.0 Å². The Morgan fingerprint density at radius 3 is 2.59 bits per heavy atom. The zero-order valence-electron chi connectivity index (χ0n) is 21.6. The molecule has 9 heteroatoms. The van der Waals surface area contributed by atoms with E-state index in [4.69, 9.17) is 9.47 Å². The zero-order chi connectivity index (χ0) is 27.9. The first-order chi connectivity index (χ1) is 18.8. The number of carbonyl (C=O) groups is 3. The van der Waals surface area contributed by atoms with Gasteiger partial charge in [0.2, 0.25) is 5.91 Å². The lowest BCUT2D eigenvalue weighted by atomic mass is 10.0. The summed E-state index contributed by atoms with van der Waals surface area (Å²) in [5, 5.41) is 5.22. The second kappa shape index (κ2) is 12.1. The van der Waals surface area contributed by atoms with E-state index in [1.54, 1.807) is 48.5 Å². The average Bonchev–Trinajstić information content (AvgIpc) is 3.16. The van der Waals surface area contributed by atoms with Gasteiger partial charge in [0.15, 0.2) is 11.5 Å². The molecular weight excluding hydrogens is 501 g/mol. The summed E-state index contributed by atoms with van der Waals surface area (Å²) in [6, 6.07) is 16.0. The van der Waals surface area contributed by atoms with Gasteiger partial charge >= 0.3 is 6.03 Å². The van der Waals surface area contributed by atoms with Gasteiger partial charge in [0.1, 0.15) is 24.7 Å². The topological polar surface area (TPSA) is 97.0 Å². The summed E-state index contributed by atoms with van der Waals surface area (Å²) in [5.74, 6) is -0.558. The Balaban J connectivity index is 1.52. The number of hydrogen-bond donors (Lipinski definition) is 2. The highest BCUT2D eigenvalue weighted by atomic mass is 19.1. The van der Waals surface area contributed by atoms with Crippen LogP contribution in [0, 0.1) is 12.7 Å². The number of benzene rings is 3. The molecule has 2 N–H and O–H groups in total. The number of anilines is 1. The van der Waals surface area contributed by atoms with Crippen molar-refractivity contribution in [1.82, 2.24) is 10.2 Å². The first-order valence-electron chi connectivity index (χ1n) is 12.2. The van der Waals surface area contributed by atoms with Crippen LogP contribution < -0.4 is 20.1 Å². The van der Waals surface area contributed by atoms with Crippen molar-refractivity contribution in [1.29, 1.82) is 0 Å². The van der Waals surface area contributed by atoms with Gasteiger partial charge in [-0.15, -0.1) is 6.58 Å². The molecule has 8 nitrogen and oxygen atoms in total. The number of carbonyl (C=O) groups excluding carboxylic acids is 3. The summed E-state index contributed by atoms with van der Waals surface area (Å²) in [6.07, 6.45) is 3.66. The van der Waals surface area contributed by atoms with Crippen molar-refractivity contribution in [3.63, 3.8) is 0 Å². The molecule has 1 heterocycles. The van der Waals surface area contributed by atoms with Crippen molar-refractivity contribution in [3.8, 4) is 11.5 Å². The second-order valence-corrected chi connectivity index (χ2v) is 8.92. The van der Waals surface area contributed by atoms with E-state index in [1.807, 2.05) is 13.0 Å². The SMILES string of the molecule is C=CCc1cc(/C=C2/NC(=O)N(CC(=O)Nc3cccc(C)c3)C2=O)cc(OC)c1OCc1ccc(F)cc1. The summed E-state index contributed by atoms with van der Waals surface area (Å²) >= 11 is 0. The summed E-state index contributed by atoms with van der Waals surface area (Å²) in [6.45, 7) is 5.45. The fourth-order valence-corrected chi connectivity index (χ4v) is 4.07. The lowest BCUT2D eigenvalue weighted by Crippen LogP contribution is -2.38. The molecule has 1 aliphatic heterocycles. The third-order valence-corrected chi connectivity index (χ3v) is 5.91. The Morgan fingerprint density at radius 1 is 1.13 bits per heavy atom. The molecule has 39 heavy (non-hydrogen) atoms. The molecule has 4 amide bonds. The van der Waals surface area contributed by atoms with E-state index in [2.05, 4.69) is 17.2 Å². The zero-order valence-corrected chi connectivity index (χ0v) is 21.6. The van der Waals surface area contributed by atoms with Gasteiger partial charge in [-0.25, -0.2) is 14.1 Å². The minimum atomic E-state index is -0.692. The van der Waals surface area contributed by atoms with Crippen LogP contribution in [0.15, 0.2) is 79.0 Å². The Morgan fingerprint density at radius 2 is 1.90 bits per heavy atom. The first-order valence-corrected chi connectivity index (χ1v) is 12.2. The normalized spacial score (nSPS) is 13.8. The number of nitrogens with zero attached hydrogens (tertiary/aromatic N) is 1. The summed E-state index contributed by atoms with van der Waals surface area (Å²) in [4.78, 5) is 38.8. The Bertz CT molecular complexity index is 1450. The number of imide groups is 1. The number of urea groups is 1. The Kier molecular flexibility index (Phi) is 8.40. The fraction of sp³-hybridized carbons (Fsp3) is 0.167. The maximum atomic E-state index is 13.2. The molecule has 0 bridgehead atoms. The molecule has 0 unspecified atom stereocenters. The van der Waals surface area contributed by atoms with Crippen molar-refractivity contribution in [3.05, 3.63) is 107 Å². The van der Waals surface area contributed by atoms with E-state index < -0.39 is 24.4 Å². The number of halogens is 1. The molecule has 0 radical (unpaired) electrons. The van der Waals surface area contributed by atoms with Crippen LogP contribution >= 0.6 is 0 Å². The van der Waals surface area contributed by atoms with Gasteiger partial charge in [-0.1, -0.05) is 30.3 Å². The maximum absolute atomic E-state index is 13.2.